The molecule has 0 spiro atoms. The van der Waals surface area contributed by atoms with Crippen molar-refractivity contribution in [2.75, 3.05) is 9.71 Å². The molecule has 0 amide bonds. The summed E-state index contributed by atoms with van der Waals surface area (Å²) < 4.78 is 7.31. The third-order valence-corrected chi connectivity index (χ3v) is 15.3. The Hall–Kier alpha value is -6.78. The van der Waals surface area contributed by atoms with Gasteiger partial charge in [0.1, 0.15) is 5.58 Å². The van der Waals surface area contributed by atoms with Gasteiger partial charge >= 0.3 is 6.85 Å². The van der Waals surface area contributed by atoms with E-state index in [2.05, 4.69) is 214 Å². The molecule has 1 aromatic heterocycles. The van der Waals surface area contributed by atoms with Crippen LogP contribution in [0.25, 0.3) is 32.9 Å². The molecule has 3 nitrogen and oxygen atoms in total. The Balaban J connectivity index is 1.21. The third kappa shape index (κ3) is 4.52. The fraction of sp³-hybridized carbons (Fsp3) is 0.172. The lowest BCUT2D eigenvalue weighted by atomic mass is 9.42. The van der Waals surface area contributed by atoms with Crippen LogP contribution < -0.4 is 20.6 Å². The normalized spacial score (nSPS) is 17.0. The number of nitrogens with zero attached hydrogens (tertiary/aromatic N) is 2. The number of aryl methyl sites for hydroxylation is 1. The van der Waals surface area contributed by atoms with Gasteiger partial charge in [0.15, 0.2) is 0 Å². The predicted molar refractivity (Wildman–Crippen MR) is 259 cm³/mol. The van der Waals surface area contributed by atoms with Crippen LogP contribution in [0.1, 0.15) is 79.5 Å². The number of anilines is 5. The van der Waals surface area contributed by atoms with Crippen molar-refractivity contribution in [2.45, 2.75) is 63.7 Å². The van der Waals surface area contributed by atoms with Crippen molar-refractivity contribution in [3.05, 3.63) is 209 Å². The van der Waals surface area contributed by atoms with Crippen molar-refractivity contribution in [2.24, 2.45) is 0 Å². The van der Waals surface area contributed by atoms with Gasteiger partial charge in [-0.1, -0.05) is 173 Å². The van der Waals surface area contributed by atoms with Gasteiger partial charge < -0.3 is 9.23 Å². The smallest absolute Gasteiger partial charge is 0.337 e. The molecule has 4 aliphatic rings. The SMILES string of the molecule is Cc1cc2c(cc1N1c3cc4ccccc4c4c3B(c3c1oc1ccccc31)N1c3ccccc3C(c3ccccc3)(c3ccccc3)c3cccc-4c31)C(C)(C)CCC2(C)C. The van der Waals surface area contributed by atoms with Gasteiger partial charge in [-0.05, 0) is 116 Å². The minimum absolute atomic E-state index is 0.0437. The molecular formula is C58H47BN2O. The van der Waals surface area contributed by atoms with Gasteiger partial charge in [-0.2, -0.15) is 0 Å². The second kappa shape index (κ2) is 12.4. The monoisotopic (exact) mass is 798 g/mol. The van der Waals surface area contributed by atoms with Crippen LogP contribution in [0.4, 0.5) is 28.6 Å². The number of rotatable bonds is 3. The maximum Gasteiger partial charge on any atom is 0.337 e. The summed E-state index contributed by atoms with van der Waals surface area (Å²) in [7, 11) is 0. The number of hydrogen-bond donors (Lipinski definition) is 0. The molecule has 0 atom stereocenters. The van der Waals surface area contributed by atoms with Crippen molar-refractivity contribution in [1.82, 2.24) is 0 Å². The van der Waals surface area contributed by atoms with Crippen molar-refractivity contribution < 1.29 is 4.42 Å². The highest BCUT2D eigenvalue weighted by Gasteiger charge is 2.55. The third-order valence-electron chi connectivity index (χ3n) is 15.3. The molecule has 62 heavy (non-hydrogen) atoms. The molecule has 0 fully saturated rings. The van der Waals surface area contributed by atoms with Crippen LogP contribution in [-0.4, -0.2) is 6.85 Å². The van der Waals surface area contributed by atoms with Gasteiger partial charge in [0.2, 0.25) is 5.88 Å². The lowest BCUT2D eigenvalue weighted by Gasteiger charge is -2.52. The Morgan fingerprint density at radius 2 is 1.13 bits per heavy atom. The zero-order valence-corrected chi connectivity index (χ0v) is 36.0. The van der Waals surface area contributed by atoms with Gasteiger partial charge in [0.05, 0.1) is 11.1 Å². The molecule has 4 heteroatoms. The quantitative estimate of drug-likeness (QED) is 0.166. The first-order valence-electron chi connectivity index (χ1n) is 22.3. The van der Waals surface area contributed by atoms with Gasteiger partial charge in [0, 0.05) is 33.5 Å². The molecule has 13 rings (SSSR count). The van der Waals surface area contributed by atoms with Crippen LogP contribution in [0.15, 0.2) is 174 Å². The van der Waals surface area contributed by atoms with Crippen LogP contribution in [0, 0.1) is 6.92 Å². The lowest BCUT2D eigenvalue weighted by molar-refractivity contribution is 0.332. The standard InChI is InChI=1S/C58H47BN2O/c1-36-33-45-46(57(4,5)32-31-56(45,2)3)35-48(36)60-49-34-37-19-12-13-24-40(37)51-42-26-18-28-44-54(42)61(59(53(49)51)52-41-25-14-17-30-50(41)62-55(52)60)47-29-16-15-27-43(47)58(44,38-20-8-6-9-21-38)39-22-10-7-11-23-39/h6-30,33-35H,31-32H2,1-5H3. The van der Waals surface area contributed by atoms with E-state index in [0.29, 0.717) is 0 Å². The Labute approximate surface area is 364 Å². The van der Waals surface area contributed by atoms with Crippen molar-refractivity contribution in [3.63, 3.8) is 0 Å². The fourth-order valence-corrected chi connectivity index (χ4v) is 12.3. The summed E-state index contributed by atoms with van der Waals surface area (Å²) in [4.78, 5) is 5.21. The molecular weight excluding hydrogens is 751 g/mol. The number of hydrogen-bond acceptors (Lipinski definition) is 3. The van der Waals surface area contributed by atoms with E-state index in [-0.39, 0.29) is 17.7 Å². The minimum atomic E-state index is -0.575. The maximum atomic E-state index is 7.31. The molecule has 4 heterocycles. The average molecular weight is 799 g/mol. The molecule has 0 saturated carbocycles. The van der Waals surface area contributed by atoms with Gasteiger partial charge in [-0.15, -0.1) is 0 Å². The molecule has 1 aliphatic carbocycles. The topological polar surface area (TPSA) is 19.6 Å². The number of fused-ring (bicyclic) bond motifs is 11. The van der Waals surface area contributed by atoms with Crippen molar-refractivity contribution in [3.8, 4) is 11.1 Å². The van der Waals surface area contributed by atoms with Crippen molar-refractivity contribution >= 4 is 68.1 Å². The van der Waals surface area contributed by atoms with Crippen LogP contribution in [0.2, 0.25) is 0 Å². The summed E-state index contributed by atoms with van der Waals surface area (Å²) in [6.45, 7) is 11.9. The summed E-state index contributed by atoms with van der Waals surface area (Å²) in [5.74, 6) is 0.905. The average Bonchev–Trinajstić information content (AvgIpc) is 3.68. The summed E-state index contributed by atoms with van der Waals surface area (Å²) in [6.07, 6.45) is 2.33. The highest BCUT2D eigenvalue weighted by molar-refractivity contribution is 6.95. The first-order chi connectivity index (χ1) is 30.2. The summed E-state index contributed by atoms with van der Waals surface area (Å²) >= 11 is 0. The van der Waals surface area contributed by atoms with E-state index in [9.17, 15) is 0 Å². The highest BCUT2D eigenvalue weighted by atomic mass is 16.4. The molecule has 0 N–H and O–H groups in total. The zero-order valence-electron chi connectivity index (χ0n) is 36.0. The summed E-state index contributed by atoms with van der Waals surface area (Å²) in [5, 5.41) is 3.65. The largest absolute Gasteiger partial charge is 0.440 e. The van der Waals surface area contributed by atoms with E-state index in [4.69, 9.17) is 4.42 Å². The molecule has 9 aromatic rings. The Morgan fingerprint density at radius 1 is 0.516 bits per heavy atom. The van der Waals surface area contributed by atoms with Crippen LogP contribution in [0.3, 0.4) is 0 Å². The van der Waals surface area contributed by atoms with E-state index in [1.165, 1.54) is 101 Å². The van der Waals surface area contributed by atoms with E-state index in [1.54, 1.807) is 0 Å². The van der Waals surface area contributed by atoms with Gasteiger partial charge in [-0.3, -0.25) is 4.90 Å². The maximum absolute atomic E-state index is 7.31. The second-order valence-corrected chi connectivity index (χ2v) is 19.5. The Bertz CT molecular complexity index is 3300. The van der Waals surface area contributed by atoms with Crippen LogP contribution in [-0.2, 0) is 16.2 Å². The van der Waals surface area contributed by atoms with Gasteiger partial charge in [0.25, 0.3) is 0 Å². The first-order valence-corrected chi connectivity index (χ1v) is 22.3. The first kappa shape index (κ1) is 35.9. The molecule has 0 saturated heterocycles. The predicted octanol–water partition coefficient (Wildman–Crippen LogP) is 13.6. The number of para-hydroxylation sites is 3. The molecule has 8 aromatic carbocycles. The zero-order chi connectivity index (χ0) is 41.7. The number of benzene rings is 8. The summed E-state index contributed by atoms with van der Waals surface area (Å²) in [5.41, 5.74) is 19.7. The van der Waals surface area contributed by atoms with E-state index >= 15 is 0 Å². The molecule has 0 bridgehead atoms. The Kier molecular flexibility index (Phi) is 7.20. The van der Waals surface area contributed by atoms with Gasteiger partial charge in [-0.25, -0.2) is 0 Å². The highest BCUT2D eigenvalue weighted by Crippen LogP contribution is 2.61. The number of furan rings is 1. The van der Waals surface area contributed by atoms with Crippen molar-refractivity contribution in [1.29, 1.82) is 0 Å². The second-order valence-electron chi connectivity index (χ2n) is 19.5. The van der Waals surface area contributed by atoms with E-state index < -0.39 is 5.41 Å². The minimum Gasteiger partial charge on any atom is -0.440 e. The molecule has 3 aliphatic heterocycles. The van der Waals surface area contributed by atoms with Crippen LogP contribution >= 0.6 is 0 Å². The van der Waals surface area contributed by atoms with E-state index in [1.807, 2.05) is 0 Å². The van der Waals surface area contributed by atoms with Crippen LogP contribution in [0.5, 0.6) is 0 Å². The molecule has 298 valence electrons. The molecule has 0 unspecified atom stereocenters. The summed E-state index contributed by atoms with van der Waals surface area (Å²) in [6, 6.07) is 63.9. The Morgan fingerprint density at radius 3 is 1.87 bits per heavy atom. The fourth-order valence-electron chi connectivity index (χ4n) is 12.3. The lowest BCUT2D eigenvalue weighted by Crippen LogP contribution is -2.63. The molecule has 0 radical (unpaired) electrons. The van der Waals surface area contributed by atoms with E-state index in [0.717, 1.165) is 23.3 Å².